The van der Waals surface area contributed by atoms with Crippen LogP contribution in [0.2, 0.25) is 0 Å². The Balaban J connectivity index is 1.32. The average Bonchev–Trinajstić information content (AvgIpc) is 3.21. The first-order valence-corrected chi connectivity index (χ1v) is 13.5. The summed E-state index contributed by atoms with van der Waals surface area (Å²) < 4.78 is 42.1. The topological polar surface area (TPSA) is 89.9 Å². The Morgan fingerprint density at radius 2 is 1.69 bits per heavy atom. The number of hydrogen-bond acceptors (Lipinski definition) is 5. The number of para-hydroxylation sites is 1. The number of carbonyl (C=O) groups is 1. The molecule has 0 radical (unpaired) electrons. The number of nitrogens with one attached hydrogen (secondary N) is 1. The van der Waals surface area contributed by atoms with E-state index in [1.165, 1.54) is 12.1 Å². The molecule has 5 rings (SSSR count). The van der Waals surface area contributed by atoms with Gasteiger partial charge < -0.3 is 18.9 Å². The number of sulfonamides is 1. The van der Waals surface area contributed by atoms with Crippen molar-refractivity contribution in [2.24, 2.45) is 0 Å². The second-order valence-corrected chi connectivity index (χ2v) is 10.5. The molecule has 0 saturated carbocycles. The third kappa shape index (κ3) is 4.64. The predicted octanol–water partition coefficient (Wildman–Crippen LogP) is 4.24. The molecular formula is C27H29N3O5S. The Bertz CT molecular complexity index is 1510. The first-order chi connectivity index (χ1) is 17.4. The third-order valence-corrected chi connectivity index (χ3v) is 7.86. The number of nitrogens with zero attached hydrogens (tertiary/aromatic N) is 2. The van der Waals surface area contributed by atoms with Gasteiger partial charge in [-0.15, -0.1) is 0 Å². The summed E-state index contributed by atoms with van der Waals surface area (Å²) in [5, 5.41) is 2.08. The van der Waals surface area contributed by atoms with E-state index in [1.807, 2.05) is 30.3 Å². The molecular weight excluding hydrogens is 478 g/mol. The van der Waals surface area contributed by atoms with Crippen LogP contribution in [-0.4, -0.2) is 56.2 Å². The maximum atomic E-state index is 13.1. The average molecular weight is 508 g/mol. The van der Waals surface area contributed by atoms with E-state index in [-0.39, 0.29) is 10.8 Å². The van der Waals surface area contributed by atoms with Gasteiger partial charge in [0, 0.05) is 47.1 Å². The summed E-state index contributed by atoms with van der Waals surface area (Å²) in [4.78, 5) is 14.4. The molecule has 9 heteroatoms. The van der Waals surface area contributed by atoms with Gasteiger partial charge in [-0.25, -0.2) is 8.42 Å². The second-order valence-electron chi connectivity index (χ2n) is 8.77. The first-order valence-electron chi connectivity index (χ1n) is 12.0. The lowest BCUT2D eigenvalue weighted by Crippen LogP contribution is -2.46. The fraction of sp³-hybridized carbons (Fsp3) is 0.296. The van der Waals surface area contributed by atoms with E-state index in [0.717, 1.165) is 28.4 Å². The van der Waals surface area contributed by atoms with Gasteiger partial charge in [0.05, 0.1) is 18.1 Å². The third-order valence-electron chi connectivity index (χ3n) is 6.46. The van der Waals surface area contributed by atoms with Gasteiger partial charge in [0.2, 0.25) is 0 Å². The van der Waals surface area contributed by atoms with Gasteiger partial charge in [0.1, 0.15) is 5.75 Å². The van der Waals surface area contributed by atoms with Crippen LogP contribution in [0.15, 0.2) is 71.6 Å². The minimum Gasteiger partial charge on any atom is -0.481 e. The van der Waals surface area contributed by atoms with Crippen LogP contribution in [0.4, 0.5) is 5.69 Å². The summed E-state index contributed by atoms with van der Waals surface area (Å²) in [6.07, 6.45) is -0.680. The number of amides is 1. The standard InChI is InChI=1S/C27H29N3O5S/c1-3-30-25-7-5-4-6-23(25)24-18-20(8-13-26(24)30)28-36(32,33)22-11-9-21(10-12-22)35-19(2)27(31)29-14-16-34-17-15-29/h4-13,18-19,28H,3,14-17H2,1-2H3/t19-/m1/s1. The highest BCUT2D eigenvalue weighted by Crippen LogP contribution is 2.31. The molecule has 2 heterocycles. The Hall–Kier alpha value is -3.56. The zero-order valence-electron chi connectivity index (χ0n) is 20.3. The molecule has 0 unspecified atom stereocenters. The maximum absolute atomic E-state index is 13.1. The fourth-order valence-electron chi connectivity index (χ4n) is 4.66. The van der Waals surface area contributed by atoms with Crippen molar-refractivity contribution in [3.63, 3.8) is 0 Å². The molecule has 4 aromatic rings. The van der Waals surface area contributed by atoms with Crippen LogP contribution in [0.3, 0.4) is 0 Å². The lowest BCUT2D eigenvalue weighted by molar-refractivity contribution is -0.142. The molecule has 1 N–H and O–H groups in total. The Morgan fingerprint density at radius 3 is 2.42 bits per heavy atom. The highest BCUT2D eigenvalue weighted by molar-refractivity contribution is 7.92. The van der Waals surface area contributed by atoms with E-state index in [2.05, 4.69) is 22.3 Å². The number of anilines is 1. The summed E-state index contributed by atoms with van der Waals surface area (Å²) in [5.74, 6) is 0.313. The molecule has 1 saturated heterocycles. The summed E-state index contributed by atoms with van der Waals surface area (Å²) in [6, 6.07) is 19.8. The zero-order valence-corrected chi connectivity index (χ0v) is 21.1. The van der Waals surface area contributed by atoms with Gasteiger partial charge in [0.15, 0.2) is 6.10 Å². The molecule has 0 spiro atoms. The maximum Gasteiger partial charge on any atom is 0.263 e. The normalized spacial score (nSPS) is 15.2. The molecule has 8 nitrogen and oxygen atoms in total. The summed E-state index contributed by atoms with van der Waals surface area (Å²) in [7, 11) is -3.81. The van der Waals surface area contributed by atoms with E-state index in [9.17, 15) is 13.2 Å². The van der Waals surface area contributed by atoms with Crippen molar-refractivity contribution in [3.05, 3.63) is 66.7 Å². The summed E-state index contributed by atoms with van der Waals surface area (Å²) in [6.45, 7) is 6.72. The van der Waals surface area contributed by atoms with Gasteiger partial charge >= 0.3 is 0 Å². The molecule has 1 aromatic heterocycles. The van der Waals surface area contributed by atoms with E-state index in [4.69, 9.17) is 9.47 Å². The van der Waals surface area contributed by atoms with Crippen molar-refractivity contribution in [3.8, 4) is 5.75 Å². The van der Waals surface area contributed by atoms with Crippen molar-refractivity contribution in [1.29, 1.82) is 0 Å². The Labute approximate surface area is 210 Å². The van der Waals surface area contributed by atoms with Gasteiger partial charge in [-0.3, -0.25) is 9.52 Å². The van der Waals surface area contributed by atoms with Crippen LogP contribution in [0.1, 0.15) is 13.8 Å². The van der Waals surface area contributed by atoms with Crippen molar-refractivity contribution in [1.82, 2.24) is 9.47 Å². The number of rotatable bonds is 7. The number of fused-ring (bicyclic) bond motifs is 3. The quantitative estimate of drug-likeness (QED) is 0.404. The molecule has 1 amide bonds. The zero-order chi connectivity index (χ0) is 25.3. The lowest BCUT2D eigenvalue weighted by Gasteiger charge is -2.29. The number of aromatic nitrogens is 1. The summed E-state index contributed by atoms with van der Waals surface area (Å²) in [5.41, 5.74) is 2.67. The van der Waals surface area contributed by atoms with Crippen LogP contribution in [0.25, 0.3) is 21.8 Å². The van der Waals surface area contributed by atoms with Gasteiger partial charge in [0.25, 0.3) is 15.9 Å². The molecule has 3 aromatic carbocycles. The molecule has 1 aliphatic rings. The predicted molar refractivity (Wildman–Crippen MR) is 140 cm³/mol. The highest BCUT2D eigenvalue weighted by Gasteiger charge is 2.24. The smallest absolute Gasteiger partial charge is 0.263 e. The Morgan fingerprint density at radius 1 is 1.00 bits per heavy atom. The number of aryl methyl sites for hydroxylation is 1. The number of carbonyl (C=O) groups excluding carboxylic acids is 1. The van der Waals surface area contributed by atoms with Crippen molar-refractivity contribution in [2.45, 2.75) is 31.4 Å². The molecule has 1 aliphatic heterocycles. The minimum absolute atomic E-state index is 0.109. The number of morpholine rings is 1. The van der Waals surface area contributed by atoms with Crippen LogP contribution in [0, 0.1) is 0 Å². The minimum atomic E-state index is -3.81. The number of ether oxygens (including phenoxy) is 2. The van der Waals surface area contributed by atoms with E-state index < -0.39 is 16.1 Å². The van der Waals surface area contributed by atoms with Crippen LogP contribution in [0.5, 0.6) is 5.75 Å². The molecule has 0 bridgehead atoms. The molecule has 1 fully saturated rings. The van der Waals surface area contributed by atoms with Gasteiger partial charge in [-0.1, -0.05) is 18.2 Å². The highest BCUT2D eigenvalue weighted by atomic mass is 32.2. The van der Waals surface area contributed by atoms with Gasteiger partial charge in [-0.2, -0.15) is 0 Å². The van der Waals surface area contributed by atoms with Gasteiger partial charge in [-0.05, 0) is 62.4 Å². The van der Waals surface area contributed by atoms with Crippen LogP contribution >= 0.6 is 0 Å². The molecule has 1 atom stereocenters. The fourth-order valence-corrected chi connectivity index (χ4v) is 5.71. The monoisotopic (exact) mass is 507 g/mol. The molecule has 36 heavy (non-hydrogen) atoms. The van der Waals surface area contributed by atoms with E-state index >= 15 is 0 Å². The largest absolute Gasteiger partial charge is 0.481 e. The SMILES string of the molecule is CCn1c2ccccc2c2cc(NS(=O)(=O)c3ccc(O[C@H](C)C(=O)N4CCOCC4)cc3)ccc21. The van der Waals surface area contributed by atoms with Crippen LogP contribution < -0.4 is 9.46 Å². The van der Waals surface area contributed by atoms with Crippen LogP contribution in [-0.2, 0) is 26.1 Å². The van der Waals surface area contributed by atoms with E-state index in [0.29, 0.717) is 37.7 Å². The van der Waals surface area contributed by atoms with E-state index in [1.54, 1.807) is 30.0 Å². The number of benzene rings is 3. The lowest BCUT2D eigenvalue weighted by atomic mass is 10.1. The number of hydrogen-bond donors (Lipinski definition) is 1. The first kappa shape index (κ1) is 24.1. The molecule has 0 aliphatic carbocycles. The van der Waals surface area contributed by atoms with Crippen molar-refractivity contribution in [2.75, 3.05) is 31.0 Å². The summed E-state index contributed by atoms with van der Waals surface area (Å²) >= 11 is 0. The van der Waals surface area contributed by atoms with Crippen molar-refractivity contribution < 1.29 is 22.7 Å². The molecule has 188 valence electrons. The van der Waals surface area contributed by atoms with Crippen molar-refractivity contribution >= 4 is 43.4 Å². The Kier molecular flexibility index (Phi) is 6.59. The second kappa shape index (κ2) is 9.83.